The van der Waals surface area contributed by atoms with Crippen molar-refractivity contribution in [3.05, 3.63) is 57.3 Å². The van der Waals surface area contributed by atoms with Gasteiger partial charge in [-0.1, -0.05) is 34.8 Å². The van der Waals surface area contributed by atoms with Gasteiger partial charge in [0.1, 0.15) is 0 Å². The molecule has 0 aliphatic heterocycles. The average Bonchev–Trinajstić information content (AvgIpc) is 2.44. The van der Waals surface area contributed by atoms with Crippen LogP contribution in [0.5, 0.6) is 0 Å². The first-order valence-electron chi connectivity index (χ1n) is 6.16. The summed E-state index contributed by atoms with van der Waals surface area (Å²) in [4.78, 5) is 12.3. The minimum absolute atomic E-state index is 0.143. The molecule has 0 aliphatic carbocycles. The lowest BCUT2D eigenvalue weighted by atomic mass is 10.1. The number of hydrogen-bond donors (Lipinski definition) is 2. The molecule has 0 saturated heterocycles. The van der Waals surface area contributed by atoms with Crippen LogP contribution >= 0.6 is 23.2 Å². The third-order valence-electron chi connectivity index (χ3n) is 2.93. The molecule has 21 heavy (non-hydrogen) atoms. The fourth-order valence-electron chi connectivity index (χ4n) is 1.89. The van der Waals surface area contributed by atoms with Crippen molar-refractivity contribution in [2.45, 2.75) is 6.92 Å². The van der Waals surface area contributed by atoms with Gasteiger partial charge in [0.05, 0.1) is 15.6 Å². The maximum atomic E-state index is 13.4. The Morgan fingerprint density at radius 1 is 1.14 bits per heavy atom. The Balaban J connectivity index is 2.32. The molecule has 110 valence electrons. The number of hydrogen-bond acceptors (Lipinski definition) is 2. The molecular weight excluding hydrogens is 314 g/mol. The van der Waals surface area contributed by atoms with Crippen LogP contribution < -0.4 is 10.6 Å². The predicted molar refractivity (Wildman–Crippen MR) is 85.1 cm³/mol. The van der Waals surface area contributed by atoms with E-state index in [0.29, 0.717) is 16.9 Å². The van der Waals surface area contributed by atoms with E-state index in [2.05, 4.69) is 10.6 Å². The SMILES string of the molecule is CNc1ccc(C)cc1C(=O)Nc1cc(Cl)c(F)c(Cl)c1. The highest BCUT2D eigenvalue weighted by Gasteiger charge is 2.14. The van der Waals surface area contributed by atoms with Gasteiger partial charge in [-0.2, -0.15) is 0 Å². The van der Waals surface area contributed by atoms with E-state index in [-0.39, 0.29) is 16.0 Å². The standard InChI is InChI=1S/C15H13Cl2FN2O/c1-8-3-4-13(19-2)10(5-8)15(21)20-9-6-11(16)14(18)12(17)7-9/h3-7,19H,1-2H3,(H,20,21). The lowest BCUT2D eigenvalue weighted by molar-refractivity contribution is 0.102. The van der Waals surface area contributed by atoms with Gasteiger partial charge in [-0.05, 0) is 31.2 Å². The molecule has 0 heterocycles. The van der Waals surface area contributed by atoms with Crippen molar-refractivity contribution in [2.75, 3.05) is 17.7 Å². The summed E-state index contributed by atoms with van der Waals surface area (Å²) in [6.07, 6.45) is 0. The first-order valence-corrected chi connectivity index (χ1v) is 6.92. The zero-order valence-corrected chi connectivity index (χ0v) is 12.9. The number of amides is 1. The Hall–Kier alpha value is -1.78. The van der Waals surface area contributed by atoms with Gasteiger partial charge in [0.15, 0.2) is 5.82 Å². The van der Waals surface area contributed by atoms with Crippen molar-refractivity contribution in [2.24, 2.45) is 0 Å². The summed E-state index contributed by atoms with van der Waals surface area (Å²) >= 11 is 11.4. The summed E-state index contributed by atoms with van der Waals surface area (Å²) in [6, 6.07) is 8.10. The molecule has 1 amide bonds. The van der Waals surface area contributed by atoms with Gasteiger partial charge in [-0.15, -0.1) is 0 Å². The zero-order valence-electron chi connectivity index (χ0n) is 11.4. The van der Waals surface area contributed by atoms with Crippen LogP contribution in [0.25, 0.3) is 0 Å². The van der Waals surface area contributed by atoms with Crippen molar-refractivity contribution >= 4 is 40.5 Å². The Morgan fingerprint density at radius 3 is 2.33 bits per heavy atom. The molecule has 6 heteroatoms. The van der Waals surface area contributed by atoms with Crippen molar-refractivity contribution < 1.29 is 9.18 Å². The molecule has 3 nitrogen and oxygen atoms in total. The van der Waals surface area contributed by atoms with E-state index < -0.39 is 5.82 Å². The van der Waals surface area contributed by atoms with Gasteiger partial charge in [0.25, 0.3) is 5.91 Å². The summed E-state index contributed by atoms with van der Waals surface area (Å²) in [5, 5.41) is 5.32. The monoisotopic (exact) mass is 326 g/mol. The van der Waals surface area contributed by atoms with Gasteiger partial charge >= 0.3 is 0 Å². The molecule has 2 N–H and O–H groups in total. The first-order chi connectivity index (χ1) is 9.92. The highest BCUT2D eigenvalue weighted by Crippen LogP contribution is 2.28. The summed E-state index contributed by atoms with van der Waals surface area (Å²) in [6.45, 7) is 1.89. The summed E-state index contributed by atoms with van der Waals surface area (Å²) in [5.41, 5.74) is 2.46. The molecule has 0 atom stereocenters. The van der Waals surface area contributed by atoms with Crippen molar-refractivity contribution in [3.63, 3.8) is 0 Å². The van der Waals surface area contributed by atoms with Crippen LogP contribution in [0.4, 0.5) is 15.8 Å². The van der Waals surface area contributed by atoms with Crippen LogP contribution in [0.15, 0.2) is 30.3 Å². The lowest BCUT2D eigenvalue weighted by Gasteiger charge is -2.11. The Morgan fingerprint density at radius 2 is 1.76 bits per heavy atom. The maximum absolute atomic E-state index is 13.4. The molecular formula is C15H13Cl2FN2O. The topological polar surface area (TPSA) is 41.1 Å². The average molecular weight is 327 g/mol. The highest BCUT2D eigenvalue weighted by atomic mass is 35.5. The Kier molecular flexibility index (Phi) is 4.70. The molecule has 2 aromatic rings. The van der Waals surface area contributed by atoms with Crippen LogP contribution in [0.2, 0.25) is 10.0 Å². The largest absolute Gasteiger partial charge is 0.387 e. The molecule has 0 aliphatic rings. The van der Waals surface area contributed by atoms with Crippen LogP contribution in [-0.4, -0.2) is 13.0 Å². The molecule has 0 fully saturated rings. The van der Waals surface area contributed by atoms with E-state index in [1.807, 2.05) is 19.1 Å². The number of aryl methyl sites for hydroxylation is 1. The van der Waals surface area contributed by atoms with Gasteiger partial charge < -0.3 is 10.6 Å². The second-order valence-electron chi connectivity index (χ2n) is 4.51. The van der Waals surface area contributed by atoms with E-state index in [4.69, 9.17) is 23.2 Å². The summed E-state index contributed by atoms with van der Waals surface area (Å²) in [5.74, 6) is -1.04. The molecule has 0 unspecified atom stereocenters. The minimum Gasteiger partial charge on any atom is -0.387 e. The molecule has 0 spiro atoms. The number of benzene rings is 2. The Bertz CT molecular complexity index is 681. The highest BCUT2D eigenvalue weighted by molar-refractivity contribution is 6.35. The second-order valence-corrected chi connectivity index (χ2v) is 5.32. The lowest BCUT2D eigenvalue weighted by Crippen LogP contribution is -2.14. The number of anilines is 2. The fourth-order valence-corrected chi connectivity index (χ4v) is 2.38. The van der Waals surface area contributed by atoms with Crippen molar-refractivity contribution in [3.8, 4) is 0 Å². The zero-order chi connectivity index (χ0) is 15.6. The van der Waals surface area contributed by atoms with Gasteiger partial charge in [-0.25, -0.2) is 4.39 Å². The van der Waals surface area contributed by atoms with Crippen LogP contribution in [0.1, 0.15) is 15.9 Å². The smallest absolute Gasteiger partial charge is 0.257 e. The molecule has 0 radical (unpaired) electrons. The molecule has 0 bridgehead atoms. The van der Waals surface area contributed by atoms with E-state index in [1.54, 1.807) is 13.1 Å². The van der Waals surface area contributed by atoms with Crippen LogP contribution in [-0.2, 0) is 0 Å². The molecule has 0 aromatic heterocycles. The van der Waals surface area contributed by atoms with Crippen molar-refractivity contribution in [1.82, 2.24) is 0 Å². The van der Waals surface area contributed by atoms with E-state index in [9.17, 15) is 9.18 Å². The quantitative estimate of drug-likeness (QED) is 0.800. The van der Waals surface area contributed by atoms with Gasteiger partial charge in [0.2, 0.25) is 0 Å². The number of nitrogens with one attached hydrogen (secondary N) is 2. The number of carbonyl (C=O) groups is 1. The van der Waals surface area contributed by atoms with Gasteiger partial charge in [-0.3, -0.25) is 4.79 Å². The second kappa shape index (κ2) is 6.33. The summed E-state index contributed by atoms with van der Waals surface area (Å²) in [7, 11) is 1.73. The maximum Gasteiger partial charge on any atom is 0.257 e. The normalized spacial score (nSPS) is 10.3. The third-order valence-corrected chi connectivity index (χ3v) is 3.48. The summed E-state index contributed by atoms with van der Waals surface area (Å²) < 4.78 is 13.4. The third kappa shape index (κ3) is 3.46. The molecule has 2 rings (SSSR count). The minimum atomic E-state index is -0.706. The van der Waals surface area contributed by atoms with Crippen LogP contribution in [0, 0.1) is 12.7 Å². The molecule has 0 saturated carbocycles. The fraction of sp³-hybridized carbons (Fsp3) is 0.133. The van der Waals surface area contributed by atoms with Gasteiger partial charge in [0, 0.05) is 18.4 Å². The number of rotatable bonds is 3. The van der Waals surface area contributed by atoms with E-state index in [0.717, 1.165) is 5.56 Å². The van der Waals surface area contributed by atoms with E-state index in [1.165, 1.54) is 12.1 Å². The molecule has 2 aromatic carbocycles. The number of carbonyl (C=O) groups excluding carboxylic acids is 1. The first kappa shape index (κ1) is 15.6. The van der Waals surface area contributed by atoms with Crippen molar-refractivity contribution in [1.29, 1.82) is 0 Å². The predicted octanol–water partition coefficient (Wildman–Crippen LogP) is 4.73. The van der Waals surface area contributed by atoms with Crippen LogP contribution in [0.3, 0.4) is 0 Å². The Labute approximate surface area is 132 Å². The number of halogens is 3. The van der Waals surface area contributed by atoms with E-state index >= 15 is 0 Å².